The first-order valence-corrected chi connectivity index (χ1v) is 7.82. The summed E-state index contributed by atoms with van der Waals surface area (Å²) in [5, 5.41) is 20.0. The van der Waals surface area contributed by atoms with Crippen molar-refractivity contribution in [2.24, 2.45) is 5.92 Å². The molecule has 1 aliphatic rings. The molecule has 0 saturated heterocycles. The molecule has 1 amide bonds. The fraction of sp³-hybridized carbons (Fsp3) is 0.429. The minimum atomic E-state index is -0.786. The molecule has 0 aromatic carbocycles. The van der Waals surface area contributed by atoms with Crippen LogP contribution in [0.25, 0.3) is 11.7 Å². The van der Waals surface area contributed by atoms with Crippen LogP contribution in [-0.2, 0) is 4.79 Å². The molecule has 2 heterocycles. The number of hydrogen-bond donors (Lipinski definition) is 1. The second-order valence-corrected chi connectivity index (χ2v) is 6.20. The lowest BCUT2D eigenvalue weighted by Crippen LogP contribution is -2.47. The van der Waals surface area contributed by atoms with Crippen molar-refractivity contribution in [1.82, 2.24) is 15.5 Å². The number of carbonyl (C=O) groups is 1. The van der Waals surface area contributed by atoms with Gasteiger partial charge in [0, 0.05) is 0 Å². The van der Waals surface area contributed by atoms with Gasteiger partial charge >= 0.3 is 0 Å². The van der Waals surface area contributed by atoms with Crippen molar-refractivity contribution in [1.29, 1.82) is 5.26 Å². The van der Waals surface area contributed by atoms with E-state index in [-0.39, 0.29) is 28.7 Å². The lowest BCUT2D eigenvalue weighted by Gasteiger charge is -2.22. The largest absolute Gasteiger partial charge is 0.459 e. The average Bonchev–Trinajstić information content (AvgIpc) is 3.04. The molecule has 1 saturated carbocycles. The Bertz CT molecular complexity index is 702. The minimum Gasteiger partial charge on any atom is -0.459 e. The maximum Gasteiger partial charge on any atom is 0.284 e. The van der Waals surface area contributed by atoms with E-state index < -0.39 is 5.54 Å². The molecule has 8 heteroatoms. The fourth-order valence-electron chi connectivity index (χ4n) is 2.10. The number of furan rings is 1. The zero-order chi connectivity index (χ0) is 15.6. The fourth-order valence-corrected chi connectivity index (χ4v) is 2.67. The average molecular weight is 318 g/mol. The molecule has 2 aromatic heterocycles. The third-order valence-corrected chi connectivity index (χ3v) is 4.31. The first kappa shape index (κ1) is 14.7. The first-order valence-electron chi connectivity index (χ1n) is 6.83. The normalized spacial score (nSPS) is 16.7. The van der Waals surface area contributed by atoms with Gasteiger partial charge in [0.1, 0.15) is 5.54 Å². The van der Waals surface area contributed by atoms with Crippen LogP contribution in [0.2, 0.25) is 0 Å². The number of nitrogens with one attached hydrogen (secondary N) is 1. The van der Waals surface area contributed by atoms with Crippen molar-refractivity contribution in [3.8, 4) is 17.7 Å². The SMILES string of the molecule is C[C@](C#N)(NC(=O)CSc1nnc(-c2ccco2)o1)C1CC1. The van der Waals surface area contributed by atoms with E-state index in [9.17, 15) is 10.1 Å². The van der Waals surface area contributed by atoms with Gasteiger partial charge in [-0.05, 0) is 37.8 Å². The van der Waals surface area contributed by atoms with Crippen LogP contribution in [-0.4, -0.2) is 27.4 Å². The lowest BCUT2D eigenvalue weighted by molar-refractivity contribution is -0.119. The maximum atomic E-state index is 12.0. The van der Waals surface area contributed by atoms with Gasteiger partial charge in [0.15, 0.2) is 5.76 Å². The standard InChI is InChI=1S/C14H14N4O3S/c1-14(8-15,9-4-5-9)16-11(19)7-22-13-18-17-12(21-13)10-3-2-6-20-10/h2-3,6,9H,4-5,7H2,1H3,(H,16,19)/t14-/m1/s1. The Morgan fingerprint density at radius 3 is 3.05 bits per heavy atom. The molecule has 1 fully saturated rings. The summed E-state index contributed by atoms with van der Waals surface area (Å²) < 4.78 is 10.5. The summed E-state index contributed by atoms with van der Waals surface area (Å²) in [6.07, 6.45) is 3.47. The van der Waals surface area contributed by atoms with Gasteiger partial charge in [0.05, 0.1) is 18.1 Å². The van der Waals surface area contributed by atoms with Gasteiger partial charge < -0.3 is 14.2 Å². The van der Waals surface area contributed by atoms with E-state index in [1.165, 1.54) is 6.26 Å². The van der Waals surface area contributed by atoms with Crippen LogP contribution in [0.15, 0.2) is 32.5 Å². The van der Waals surface area contributed by atoms with E-state index in [2.05, 4.69) is 21.6 Å². The molecule has 7 nitrogen and oxygen atoms in total. The number of thioether (sulfide) groups is 1. The van der Waals surface area contributed by atoms with E-state index in [1.807, 2.05) is 0 Å². The van der Waals surface area contributed by atoms with Crippen LogP contribution in [0.3, 0.4) is 0 Å². The molecule has 2 aromatic rings. The monoisotopic (exact) mass is 318 g/mol. The van der Waals surface area contributed by atoms with Crippen molar-refractivity contribution >= 4 is 17.7 Å². The molecule has 114 valence electrons. The van der Waals surface area contributed by atoms with E-state index >= 15 is 0 Å². The number of nitrogens with zero attached hydrogens (tertiary/aromatic N) is 3. The van der Waals surface area contributed by atoms with Gasteiger partial charge in [-0.2, -0.15) is 5.26 Å². The summed E-state index contributed by atoms with van der Waals surface area (Å²) in [6.45, 7) is 1.76. The van der Waals surface area contributed by atoms with Crippen LogP contribution in [0.5, 0.6) is 0 Å². The Hall–Kier alpha value is -2.27. The summed E-state index contributed by atoms with van der Waals surface area (Å²) >= 11 is 1.13. The van der Waals surface area contributed by atoms with Crippen molar-refractivity contribution in [3.63, 3.8) is 0 Å². The Labute approximate surface area is 131 Å². The van der Waals surface area contributed by atoms with Gasteiger partial charge in [0.25, 0.3) is 11.1 Å². The highest BCUT2D eigenvalue weighted by molar-refractivity contribution is 7.99. The summed E-state index contributed by atoms with van der Waals surface area (Å²) in [7, 11) is 0. The molecule has 22 heavy (non-hydrogen) atoms. The molecule has 0 aliphatic heterocycles. The Balaban J connectivity index is 1.54. The molecule has 1 aliphatic carbocycles. The maximum absolute atomic E-state index is 12.0. The molecule has 0 unspecified atom stereocenters. The molecule has 0 bridgehead atoms. The van der Waals surface area contributed by atoms with Crippen LogP contribution in [0.4, 0.5) is 0 Å². The highest BCUT2D eigenvalue weighted by atomic mass is 32.2. The third-order valence-electron chi connectivity index (χ3n) is 3.49. The van der Waals surface area contributed by atoms with Gasteiger partial charge in [-0.3, -0.25) is 4.79 Å². The second kappa shape index (κ2) is 5.85. The number of nitriles is 1. The first-order chi connectivity index (χ1) is 10.6. The van der Waals surface area contributed by atoms with Crippen molar-refractivity contribution in [3.05, 3.63) is 18.4 Å². The van der Waals surface area contributed by atoms with Gasteiger partial charge in [-0.1, -0.05) is 11.8 Å². The van der Waals surface area contributed by atoms with E-state index in [4.69, 9.17) is 8.83 Å². The van der Waals surface area contributed by atoms with E-state index in [1.54, 1.807) is 19.1 Å². The molecule has 1 atom stereocenters. The molecular weight excluding hydrogens is 304 g/mol. The molecular formula is C14H14N4O3S. The van der Waals surface area contributed by atoms with Gasteiger partial charge in [-0.15, -0.1) is 10.2 Å². The molecule has 3 rings (SSSR count). The summed E-state index contributed by atoms with van der Waals surface area (Å²) in [4.78, 5) is 12.0. The van der Waals surface area contributed by atoms with Gasteiger partial charge in [-0.25, -0.2) is 0 Å². The van der Waals surface area contributed by atoms with Crippen LogP contribution in [0, 0.1) is 17.2 Å². The highest BCUT2D eigenvalue weighted by Crippen LogP contribution is 2.39. The van der Waals surface area contributed by atoms with E-state index in [0.717, 1.165) is 24.6 Å². The third kappa shape index (κ3) is 3.14. The van der Waals surface area contributed by atoms with Crippen molar-refractivity contribution in [2.45, 2.75) is 30.5 Å². The quantitative estimate of drug-likeness (QED) is 0.814. The zero-order valence-corrected chi connectivity index (χ0v) is 12.7. The molecule has 1 N–H and O–H groups in total. The Morgan fingerprint density at radius 2 is 2.41 bits per heavy atom. The number of hydrogen-bond acceptors (Lipinski definition) is 7. The minimum absolute atomic E-state index is 0.115. The van der Waals surface area contributed by atoms with Crippen LogP contribution < -0.4 is 5.32 Å². The summed E-state index contributed by atoms with van der Waals surface area (Å²) in [5.41, 5.74) is -0.786. The Kier molecular flexibility index (Phi) is 3.90. The second-order valence-electron chi connectivity index (χ2n) is 5.28. The predicted molar refractivity (Wildman–Crippen MR) is 77.6 cm³/mol. The number of aromatic nitrogens is 2. The summed E-state index contributed by atoms with van der Waals surface area (Å²) in [6, 6.07) is 5.62. The van der Waals surface area contributed by atoms with Crippen molar-refractivity contribution in [2.75, 3.05) is 5.75 Å². The van der Waals surface area contributed by atoms with Gasteiger partial charge in [0.2, 0.25) is 5.91 Å². The summed E-state index contributed by atoms with van der Waals surface area (Å²) in [5.74, 6) is 0.894. The lowest BCUT2D eigenvalue weighted by atomic mass is 9.98. The van der Waals surface area contributed by atoms with E-state index in [0.29, 0.717) is 5.76 Å². The van der Waals surface area contributed by atoms with Crippen molar-refractivity contribution < 1.29 is 13.6 Å². The smallest absolute Gasteiger partial charge is 0.284 e. The molecule has 0 spiro atoms. The number of carbonyl (C=O) groups excluding carboxylic acids is 1. The zero-order valence-electron chi connectivity index (χ0n) is 11.9. The van der Waals surface area contributed by atoms with Crippen LogP contribution >= 0.6 is 11.8 Å². The predicted octanol–water partition coefficient (Wildman–Crippen LogP) is 2.23. The highest BCUT2D eigenvalue weighted by Gasteiger charge is 2.42. The molecule has 0 radical (unpaired) electrons. The Morgan fingerprint density at radius 1 is 1.59 bits per heavy atom. The number of amides is 1. The topological polar surface area (TPSA) is 105 Å². The van der Waals surface area contributed by atoms with Crippen LogP contribution in [0.1, 0.15) is 19.8 Å². The number of rotatable bonds is 6.